The Labute approximate surface area is 90.8 Å². The van der Waals surface area contributed by atoms with Crippen LogP contribution >= 0.6 is 0 Å². The fourth-order valence-electron chi connectivity index (χ4n) is 2.46. The van der Waals surface area contributed by atoms with E-state index in [-0.39, 0.29) is 17.8 Å². The fraction of sp³-hybridized carbons (Fsp3) is 0.750. The molecule has 0 radical (unpaired) electrons. The molecule has 2 rings (SSSR count). The van der Waals surface area contributed by atoms with Crippen LogP contribution in [-0.2, 0) is 4.79 Å². The highest BCUT2D eigenvalue weighted by atomic mass is 16.3. The average Bonchev–Trinajstić information content (AvgIpc) is 2.73. The van der Waals surface area contributed by atoms with Gasteiger partial charge in [0.05, 0.1) is 6.61 Å². The van der Waals surface area contributed by atoms with E-state index >= 15 is 0 Å². The molecule has 3 heteroatoms. The van der Waals surface area contributed by atoms with Crippen LogP contribution in [0, 0.1) is 11.3 Å². The molecule has 2 atom stereocenters. The van der Waals surface area contributed by atoms with Crippen molar-refractivity contribution in [3.05, 3.63) is 11.8 Å². The first-order valence-corrected chi connectivity index (χ1v) is 5.64. The summed E-state index contributed by atoms with van der Waals surface area (Å²) in [5.41, 5.74) is 1.16. The van der Waals surface area contributed by atoms with E-state index in [1.807, 2.05) is 0 Å². The van der Waals surface area contributed by atoms with Crippen molar-refractivity contribution < 1.29 is 9.90 Å². The molecule has 1 aliphatic heterocycles. The minimum Gasteiger partial charge on any atom is -0.396 e. The molecule has 0 spiro atoms. The number of aliphatic hydroxyl groups is 1. The van der Waals surface area contributed by atoms with Gasteiger partial charge in [-0.25, -0.2) is 0 Å². The molecule has 0 bridgehead atoms. The Morgan fingerprint density at radius 1 is 1.60 bits per heavy atom. The molecule has 2 aliphatic rings. The van der Waals surface area contributed by atoms with Crippen LogP contribution in [0.3, 0.4) is 0 Å². The quantitative estimate of drug-likeness (QED) is 0.742. The molecule has 1 aliphatic carbocycles. The Hall–Kier alpha value is -0.830. The lowest BCUT2D eigenvalue weighted by molar-refractivity contribution is -0.114. The van der Waals surface area contributed by atoms with Gasteiger partial charge in [-0.2, -0.15) is 0 Å². The maximum atomic E-state index is 11.2. The molecule has 1 fully saturated rings. The van der Waals surface area contributed by atoms with Gasteiger partial charge in [0.15, 0.2) is 5.78 Å². The number of likely N-dealkylation sites (tertiary alicyclic amines) is 1. The maximum absolute atomic E-state index is 11.2. The number of aliphatic hydroxyl groups excluding tert-OH is 1. The summed E-state index contributed by atoms with van der Waals surface area (Å²) in [6.45, 7) is 6.37. The van der Waals surface area contributed by atoms with Crippen LogP contribution < -0.4 is 0 Å². The monoisotopic (exact) mass is 209 g/mol. The van der Waals surface area contributed by atoms with Crippen LogP contribution in [0.1, 0.15) is 26.7 Å². The van der Waals surface area contributed by atoms with E-state index in [1.165, 1.54) is 5.70 Å². The highest BCUT2D eigenvalue weighted by Crippen LogP contribution is 2.38. The Morgan fingerprint density at radius 3 is 2.80 bits per heavy atom. The Bertz CT molecular complexity index is 311. The zero-order valence-electron chi connectivity index (χ0n) is 9.49. The molecule has 0 amide bonds. The fourth-order valence-corrected chi connectivity index (χ4v) is 2.46. The van der Waals surface area contributed by atoms with Gasteiger partial charge in [-0.05, 0) is 12.3 Å². The Morgan fingerprint density at radius 2 is 2.33 bits per heavy atom. The van der Waals surface area contributed by atoms with E-state index in [4.69, 9.17) is 0 Å². The van der Waals surface area contributed by atoms with Gasteiger partial charge in [-0.15, -0.1) is 0 Å². The van der Waals surface area contributed by atoms with Crippen LogP contribution in [0.2, 0.25) is 0 Å². The summed E-state index contributed by atoms with van der Waals surface area (Å²) in [6, 6.07) is 0. The smallest absolute Gasteiger partial charge is 0.157 e. The lowest BCUT2D eigenvalue weighted by Gasteiger charge is -2.25. The third-order valence-corrected chi connectivity index (χ3v) is 3.96. The standard InChI is InChI=1S/C12H19NO2/c1-9-6-13(7-12(9,2)8-14)10-3-4-11(15)5-10/h5,9,14H,3-4,6-8H2,1-2H3. The molecule has 1 saturated heterocycles. The lowest BCUT2D eigenvalue weighted by atomic mass is 9.82. The predicted molar refractivity (Wildman–Crippen MR) is 58.3 cm³/mol. The van der Waals surface area contributed by atoms with Gasteiger partial charge in [-0.3, -0.25) is 4.79 Å². The van der Waals surface area contributed by atoms with E-state index in [0.717, 1.165) is 19.5 Å². The van der Waals surface area contributed by atoms with Gasteiger partial charge in [0, 0.05) is 36.7 Å². The van der Waals surface area contributed by atoms with Crippen molar-refractivity contribution in [3.8, 4) is 0 Å². The second kappa shape index (κ2) is 3.63. The van der Waals surface area contributed by atoms with Gasteiger partial charge < -0.3 is 10.0 Å². The van der Waals surface area contributed by atoms with E-state index in [0.29, 0.717) is 12.3 Å². The summed E-state index contributed by atoms with van der Waals surface area (Å²) >= 11 is 0. The summed E-state index contributed by atoms with van der Waals surface area (Å²) in [6.07, 6.45) is 3.32. The van der Waals surface area contributed by atoms with Crippen LogP contribution in [0.4, 0.5) is 0 Å². The number of hydrogen-bond acceptors (Lipinski definition) is 3. The molecule has 3 nitrogen and oxygen atoms in total. The van der Waals surface area contributed by atoms with Crippen molar-refractivity contribution in [2.75, 3.05) is 19.7 Å². The largest absolute Gasteiger partial charge is 0.396 e. The number of rotatable bonds is 2. The van der Waals surface area contributed by atoms with Gasteiger partial charge in [0.1, 0.15) is 0 Å². The molecule has 0 aromatic heterocycles. The number of carbonyl (C=O) groups excluding carboxylic acids is 1. The minimum absolute atomic E-state index is 0.00746. The number of allylic oxidation sites excluding steroid dienone is 2. The van der Waals surface area contributed by atoms with Crippen molar-refractivity contribution in [2.24, 2.45) is 11.3 Å². The molecule has 0 saturated carbocycles. The van der Waals surface area contributed by atoms with Gasteiger partial charge in [0.25, 0.3) is 0 Å². The van der Waals surface area contributed by atoms with Gasteiger partial charge >= 0.3 is 0 Å². The maximum Gasteiger partial charge on any atom is 0.157 e. The number of carbonyl (C=O) groups is 1. The summed E-state index contributed by atoms with van der Waals surface area (Å²) in [5, 5.41) is 9.40. The molecule has 15 heavy (non-hydrogen) atoms. The van der Waals surface area contributed by atoms with Crippen LogP contribution in [0.25, 0.3) is 0 Å². The van der Waals surface area contributed by atoms with E-state index in [2.05, 4.69) is 18.7 Å². The number of hydrogen-bond donors (Lipinski definition) is 1. The zero-order valence-corrected chi connectivity index (χ0v) is 9.49. The number of ketones is 1. The normalized spacial score (nSPS) is 36.2. The number of nitrogens with zero attached hydrogens (tertiary/aromatic N) is 1. The highest BCUT2D eigenvalue weighted by Gasteiger charge is 2.40. The minimum atomic E-state index is -0.00746. The highest BCUT2D eigenvalue weighted by molar-refractivity contribution is 5.92. The summed E-state index contributed by atoms with van der Waals surface area (Å²) in [4.78, 5) is 13.4. The second-order valence-electron chi connectivity index (χ2n) is 5.20. The lowest BCUT2D eigenvalue weighted by Crippen LogP contribution is -2.29. The molecule has 2 unspecified atom stereocenters. The Balaban J connectivity index is 2.09. The SMILES string of the molecule is CC1CN(C2=CC(=O)CC2)CC1(C)CO. The summed E-state index contributed by atoms with van der Waals surface area (Å²) in [7, 11) is 0. The second-order valence-corrected chi connectivity index (χ2v) is 5.20. The summed E-state index contributed by atoms with van der Waals surface area (Å²) < 4.78 is 0. The first-order chi connectivity index (χ1) is 7.05. The van der Waals surface area contributed by atoms with Crippen LogP contribution in [0.15, 0.2) is 11.8 Å². The van der Waals surface area contributed by atoms with Gasteiger partial charge in [0.2, 0.25) is 0 Å². The molecule has 1 heterocycles. The zero-order chi connectivity index (χ0) is 11.1. The van der Waals surface area contributed by atoms with Crippen molar-refractivity contribution in [1.29, 1.82) is 0 Å². The molecule has 0 aromatic rings. The predicted octanol–water partition coefficient (Wildman–Crippen LogP) is 1.18. The molecule has 1 N–H and O–H groups in total. The first-order valence-electron chi connectivity index (χ1n) is 5.64. The van der Waals surface area contributed by atoms with Crippen molar-refractivity contribution in [1.82, 2.24) is 4.90 Å². The van der Waals surface area contributed by atoms with E-state index < -0.39 is 0 Å². The summed E-state index contributed by atoms with van der Waals surface area (Å²) in [5.74, 6) is 0.731. The van der Waals surface area contributed by atoms with Crippen LogP contribution in [0.5, 0.6) is 0 Å². The molecular weight excluding hydrogens is 190 g/mol. The van der Waals surface area contributed by atoms with E-state index in [1.54, 1.807) is 6.08 Å². The molecule has 84 valence electrons. The average molecular weight is 209 g/mol. The molecule has 0 aromatic carbocycles. The third kappa shape index (κ3) is 1.81. The third-order valence-electron chi connectivity index (χ3n) is 3.96. The molecular formula is C12H19NO2. The van der Waals surface area contributed by atoms with Gasteiger partial charge in [-0.1, -0.05) is 13.8 Å². The van der Waals surface area contributed by atoms with E-state index in [9.17, 15) is 9.90 Å². The van der Waals surface area contributed by atoms with Crippen molar-refractivity contribution >= 4 is 5.78 Å². The Kier molecular flexibility index (Phi) is 2.59. The van der Waals surface area contributed by atoms with Crippen LogP contribution in [-0.4, -0.2) is 35.5 Å². The first kappa shape index (κ1) is 10.7. The van der Waals surface area contributed by atoms with Crippen molar-refractivity contribution in [3.63, 3.8) is 0 Å². The topological polar surface area (TPSA) is 40.5 Å². The van der Waals surface area contributed by atoms with Crippen molar-refractivity contribution in [2.45, 2.75) is 26.7 Å².